The van der Waals surface area contributed by atoms with E-state index in [1.807, 2.05) is 0 Å². The number of rotatable bonds is 2. The Morgan fingerprint density at radius 2 is 1.93 bits per heavy atom. The number of nitrogens with one attached hydrogen (secondary N) is 1. The summed E-state index contributed by atoms with van der Waals surface area (Å²) >= 11 is 0. The predicted octanol–water partition coefficient (Wildman–Crippen LogP) is 1.30. The van der Waals surface area contributed by atoms with Crippen molar-refractivity contribution in [3.63, 3.8) is 0 Å². The van der Waals surface area contributed by atoms with E-state index in [-0.39, 0.29) is 12.1 Å². The summed E-state index contributed by atoms with van der Waals surface area (Å²) in [6.45, 7) is 0. The Kier molecular flexibility index (Phi) is 3.11. The summed E-state index contributed by atoms with van der Waals surface area (Å²) in [6, 6.07) is 0.358. The zero-order valence-electron chi connectivity index (χ0n) is 8.49. The lowest BCUT2D eigenvalue weighted by molar-refractivity contribution is 0.402. The van der Waals surface area contributed by atoms with Crippen molar-refractivity contribution in [1.82, 2.24) is 9.97 Å². The minimum Gasteiger partial charge on any atom is -0.350 e. The summed E-state index contributed by atoms with van der Waals surface area (Å²) in [5.41, 5.74) is 5.96. The smallest absolute Gasteiger partial charge is 0.223 e. The first-order valence-corrected chi connectivity index (χ1v) is 5.25. The van der Waals surface area contributed by atoms with Crippen LogP contribution in [0.1, 0.15) is 25.7 Å². The van der Waals surface area contributed by atoms with Crippen molar-refractivity contribution in [2.75, 3.05) is 5.32 Å². The SMILES string of the molecule is N[C@@H]1CCCC[C@@H]1Nc1ncc(F)cn1. The van der Waals surface area contributed by atoms with Gasteiger partial charge in [-0.25, -0.2) is 14.4 Å². The summed E-state index contributed by atoms with van der Waals surface area (Å²) in [7, 11) is 0. The normalized spacial score (nSPS) is 26.3. The Morgan fingerprint density at radius 1 is 1.27 bits per heavy atom. The van der Waals surface area contributed by atoms with Gasteiger partial charge in [-0.05, 0) is 12.8 Å². The molecular weight excluding hydrogens is 195 g/mol. The molecule has 0 aliphatic heterocycles. The Balaban J connectivity index is 1.98. The molecule has 1 saturated carbocycles. The molecule has 2 atom stereocenters. The summed E-state index contributed by atoms with van der Waals surface area (Å²) in [5.74, 6) is 0.0345. The number of aromatic nitrogens is 2. The highest BCUT2D eigenvalue weighted by atomic mass is 19.1. The van der Waals surface area contributed by atoms with Crippen molar-refractivity contribution < 1.29 is 4.39 Å². The molecule has 0 amide bonds. The maximum atomic E-state index is 12.6. The van der Waals surface area contributed by atoms with Crippen LogP contribution in [0.5, 0.6) is 0 Å². The van der Waals surface area contributed by atoms with E-state index in [1.54, 1.807) is 0 Å². The lowest BCUT2D eigenvalue weighted by Crippen LogP contribution is -2.42. The Morgan fingerprint density at radius 3 is 2.60 bits per heavy atom. The molecule has 1 fully saturated rings. The van der Waals surface area contributed by atoms with Crippen molar-refractivity contribution in [1.29, 1.82) is 0 Å². The second kappa shape index (κ2) is 4.53. The number of hydrogen-bond acceptors (Lipinski definition) is 4. The molecule has 0 aromatic carbocycles. The summed E-state index contributed by atoms with van der Waals surface area (Å²) in [5, 5.41) is 3.14. The molecule has 1 aliphatic rings. The monoisotopic (exact) mass is 210 g/mol. The van der Waals surface area contributed by atoms with Crippen LogP contribution < -0.4 is 11.1 Å². The number of halogens is 1. The first-order chi connectivity index (χ1) is 7.25. The van der Waals surface area contributed by atoms with Crippen molar-refractivity contribution in [2.45, 2.75) is 37.8 Å². The zero-order valence-corrected chi connectivity index (χ0v) is 8.49. The second-order valence-electron chi connectivity index (χ2n) is 3.92. The Bertz CT molecular complexity index is 314. The fourth-order valence-corrected chi connectivity index (χ4v) is 1.89. The van der Waals surface area contributed by atoms with Gasteiger partial charge in [-0.1, -0.05) is 12.8 Å². The minimum absolute atomic E-state index is 0.146. The quantitative estimate of drug-likeness (QED) is 0.772. The molecule has 0 spiro atoms. The van der Waals surface area contributed by atoms with Crippen LogP contribution in [0.3, 0.4) is 0 Å². The van der Waals surface area contributed by atoms with E-state index in [0.29, 0.717) is 5.95 Å². The molecule has 4 nitrogen and oxygen atoms in total. The van der Waals surface area contributed by atoms with Gasteiger partial charge in [0.25, 0.3) is 0 Å². The van der Waals surface area contributed by atoms with E-state index in [0.717, 1.165) is 25.2 Å². The van der Waals surface area contributed by atoms with Gasteiger partial charge in [0.05, 0.1) is 12.4 Å². The minimum atomic E-state index is -0.423. The van der Waals surface area contributed by atoms with Crippen LogP contribution in [0, 0.1) is 5.82 Å². The zero-order chi connectivity index (χ0) is 10.7. The number of anilines is 1. The molecule has 1 aromatic rings. The average molecular weight is 210 g/mol. The molecule has 2 rings (SSSR count). The molecule has 0 unspecified atom stereocenters. The van der Waals surface area contributed by atoms with E-state index in [4.69, 9.17) is 5.73 Å². The van der Waals surface area contributed by atoms with Crippen LogP contribution in [-0.4, -0.2) is 22.1 Å². The average Bonchev–Trinajstić information content (AvgIpc) is 2.25. The largest absolute Gasteiger partial charge is 0.350 e. The highest BCUT2D eigenvalue weighted by Gasteiger charge is 2.21. The van der Waals surface area contributed by atoms with Gasteiger partial charge in [-0.3, -0.25) is 0 Å². The maximum absolute atomic E-state index is 12.6. The number of nitrogens with two attached hydrogens (primary N) is 1. The predicted molar refractivity (Wildman–Crippen MR) is 55.8 cm³/mol. The van der Waals surface area contributed by atoms with Gasteiger partial charge in [0.1, 0.15) is 0 Å². The highest BCUT2D eigenvalue weighted by Crippen LogP contribution is 2.19. The molecule has 3 N–H and O–H groups in total. The molecular formula is C10H15FN4. The summed E-state index contributed by atoms with van der Waals surface area (Å²) in [6.07, 6.45) is 6.73. The van der Waals surface area contributed by atoms with Crippen molar-refractivity contribution >= 4 is 5.95 Å². The van der Waals surface area contributed by atoms with Gasteiger partial charge in [-0.15, -0.1) is 0 Å². The Hall–Kier alpha value is -1.23. The van der Waals surface area contributed by atoms with Crippen LogP contribution in [0.2, 0.25) is 0 Å². The van der Waals surface area contributed by atoms with Crippen LogP contribution in [0.25, 0.3) is 0 Å². The lowest BCUT2D eigenvalue weighted by atomic mass is 9.91. The van der Waals surface area contributed by atoms with E-state index >= 15 is 0 Å². The molecule has 5 heteroatoms. The highest BCUT2D eigenvalue weighted by molar-refractivity contribution is 5.25. The number of hydrogen-bond donors (Lipinski definition) is 2. The first-order valence-electron chi connectivity index (χ1n) is 5.25. The standard InChI is InChI=1S/C10H15FN4/c11-7-5-13-10(14-6-7)15-9-4-2-1-3-8(9)12/h5-6,8-9H,1-4,12H2,(H,13,14,15)/t8-,9+/m1/s1. The van der Waals surface area contributed by atoms with Crippen LogP contribution in [-0.2, 0) is 0 Å². The molecule has 82 valence electrons. The molecule has 15 heavy (non-hydrogen) atoms. The Labute approximate surface area is 88.1 Å². The van der Waals surface area contributed by atoms with Gasteiger partial charge in [0.15, 0.2) is 5.82 Å². The van der Waals surface area contributed by atoms with Crippen molar-refractivity contribution in [3.05, 3.63) is 18.2 Å². The molecule has 1 aromatic heterocycles. The lowest BCUT2D eigenvalue weighted by Gasteiger charge is -2.29. The van der Waals surface area contributed by atoms with Gasteiger partial charge in [-0.2, -0.15) is 0 Å². The summed E-state index contributed by atoms with van der Waals surface area (Å²) < 4.78 is 12.6. The first kappa shape index (κ1) is 10.3. The van der Waals surface area contributed by atoms with Crippen LogP contribution >= 0.6 is 0 Å². The fourth-order valence-electron chi connectivity index (χ4n) is 1.89. The van der Waals surface area contributed by atoms with Gasteiger partial charge in [0.2, 0.25) is 5.95 Å². The molecule has 1 heterocycles. The maximum Gasteiger partial charge on any atom is 0.223 e. The van der Waals surface area contributed by atoms with Gasteiger partial charge >= 0.3 is 0 Å². The molecule has 0 saturated heterocycles. The summed E-state index contributed by atoms with van der Waals surface area (Å²) in [4.78, 5) is 7.71. The van der Waals surface area contributed by atoms with Crippen LogP contribution in [0.15, 0.2) is 12.4 Å². The van der Waals surface area contributed by atoms with E-state index in [9.17, 15) is 4.39 Å². The molecule has 0 radical (unpaired) electrons. The third-order valence-electron chi connectivity index (χ3n) is 2.75. The van der Waals surface area contributed by atoms with E-state index < -0.39 is 5.82 Å². The number of nitrogens with zero attached hydrogens (tertiary/aromatic N) is 2. The van der Waals surface area contributed by atoms with Gasteiger partial charge < -0.3 is 11.1 Å². The van der Waals surface area contributed by atoms with E-state index in [1.165, 1.54) is 12.8 Å². The van der Waals surface area contributed by atoms with Crippen molar-refractivity contribution in [2.24, 2.45) is 5.73 Å². The third kappa shape index (κ3) is 2.62. The molecule has 1 aliphatic carbocycles. The molecule has 0 bridgehead atoms. The van der Waals surface area contributed by atoms with Gasteiger partial charge in [0, 0.05) is 12.1 Å². The van der Waals surface area contributed by atoms with Crippen molar-refractivity contribution in [3.8, 4) is 0 Å². The second-order valence-corrected chi connectivity index (χ2v) is 3.92. The third-order valence-corrected chi connectivity index (χ3v) is 2.75. The van der Waals surface area contributed by atoms with Crippen LogP contribution in [0.4, 0.5) is 10.3 Å². The fraction of sp³-hybridized carbons (Fsp3) is 0.600. The van der Waals surface area contributed by atoms with E-state index in [2.05, 4.69) is 15.3 Å². The topological polar surface area (TPSA) is 63.8 Å².